The number of nitrogens with one attached hydrogen (secondary N) is 2. The third-order valence-electron chi connectivity index (χ3n) is 3.28. The largest absolute Gasteiger partial charge is 0.444 e. The lowest BCUT2D eigenvalue weighted by atomic mass is 10.0. The molecule has 1 heterocycles. The fraction of sp³-hybridized carbons (Fsp3) is 0.412. The SMILES string of the molecule is CC(C)(C)OC(=O)NCC(O)C(O)c1ccc(-c2cnc[nH]2)cc1. The summed E-state index contributed by atoms with van der Waals surface area (Å²) < 4.78 is 5.08. The average Bonchev–Trinajstić information content (AvgIpc) is 3.05. The summed E-state index contributed by atoms with van der Waals surface area (Å²) in [5.74, 6) is 0. The summed E-state index contributed by atoms with van der Waals surface area (Å²) in [6, 6.07) is 7.08. The number of hydrogen-bond donors (Lipinski definition) is 4. The number of benzene rings is 1. The van der Waals surface area contributed by atoms with Gasteiger partial charge in [0.2, 0.25) is 0 Å². The molecule has 0 spiro atoms. The van der Waals surface area contributed by atoms with Crippen molar-refractivity contribution in [1.82, 2.24) is 15.3 Å². The van der Waals surface area contributed by atoms with Crippen molar-refractivity contribution < 1.29 is 19.7 Å². The zero-order chi connectivity index (χ0) is 17.7. The number of aliphatic hydroxyl groups is 2. The monoisotopic (exact) mass is 333 g/mol. The van der Waals surface area contributed by atoms with Crippen LogP contribution >= 0.6 is 0 Å². The Morgan fingerprint density at radius 1 is 1.29 bits per heavy atom. The Balaban J connectivity index is 1.91. The van der Waals surface area contributed by atoms with Gasteiger partial charge in [-0.25, -0.2) is 9.78 Å². The molecule has 0 radical (unpaired) electrons. The maximum Gasteiger partial charge on any atom is 0.407 e. The van der Waals surface area contributed by atoms with Gasteiger partial charge < -0.3 is 25.3 Å². The molecule has 1 aromatic carbocycles. The molecule has 0 fully saturated rings. The van der Waals surface area contributed by atoms with Gasteiger partial charge in [0.15, 0.2) is 0 Å². The molecule has 0 aliphatic carbocycles. The number of aromatic nitrogens is 2. The average molecular weight is 333 g/mol. The molecule has 0 saturated heterocycles. The van der Waals surface area contributed by atoms with E-state index in [0.717, 1.165) is 11.3 Å². The third-order valence-corrected chi connectivity index (χ3v) is 3.28. The molecule has 2 aromatic rings. The van der Waals surface area contributed by atoms with Gasteiger partial charge >= 0.3 is 6.09 Å². The number of hydrogen-bond acceptors (Lipinski definition) is 5. The molecular formula is C17H23N3O4. The molecule has 24 heavy (non-hydrogen) atoms. The van der Waals surface area contributed by atoms with Gasteiger partial charge in [-0.05, 0) is 31.9 Å². The van der Waals surface area contributed by atoms with Crippen molar-refractivity contribution in [2.24, 2.45) is 0 Å². The van der Waals surface area contributed by atoms with Crippen LogP contribution in [0.2, 0.25) is 0 Å². The van der Waals surface area contributed by atoms with E-state index in [9.17, 15) is 15.0 Å². The van der Waals surface area contributed by atoms with Gasteiger partial charge in [-0.3, -0.25) is 0 Å². The third kappa shape index (κ3) is 5.07. The van der Waals surface area contributed by atoms with Gasteiger partial charge in [0.1, 0.15) is 17.8 Å². The second kappa shape index (κ2) is 7.46. The molecule has 130 valence electrons. The number of alkyl carbamates (subject to hydrolysis) is 1. The zero-order valence-corrected chi connectivity index (χ0v) is 14.0. The number of amides is 1. The Morgan fingerprint density at radius 3 is 2.50 bits per heavy atom. The van der Waals surface area contributed by atoms with Crippen LogP contribution in [0, 0.1) is 0 Å². The Kier molecular flexibility index (Phi) is 5.58. The van der Waals surface area contributed by atoms with E-state index in [1.165, 1.54) is 0 Å². The Morgan fingerprint density at radius 2 is 1.96 bits per heavy atom. The lowest BCUT2D eigenvalue weighted by Gasteiger charge is -2.22. The number of aliphatic hydroxyl groups excluding tert-OH is 2. The fourth-order valence-corrected chi connectivity index (χ4v) is 2.11. The minimum Gasteiger partial charge on any atom is -0.444 e. The summed E-state index contributed by atoms with van der Waals surface area (Å²) in [4.78, 5) is 18.5. The lowest BCUT2D eigenvalue weighted by Crippen LogP contribution is -2.38. The quantitative estimate of drug-likeness (QED) is 0.669. The molecule has 1 aromatic heterocycles. The molecule has 0 bridgehead atoms. The van der Waals surface area contributed by atoms with E-state index in [4.69, 9.17) is 4.74 Å². The van der Waals surface area contributed by atoms with Crippen molar-refractivity contribution in [2.75, 3.05) is 6.54 Å². The zero-order valence-electron chi connectivity index (χ0n) is 14.0. The van der Waals surface area contributed by atoms with Crippen LogP contribution in [0.4, 0.5) is 4.79 Å². The molecule has 2 unspecified atom stereocenters. The number of carbonyl (C=O) groups excluding carboxylic acids is 1. The number of carbonyl (C=O) groups is 1. The van der Waals surface area contributed by atoms with Crippen LogP contribution in [0.1, 0.15) is 32.4 Å². The molecular weight excluding hydrogens is 310 g/mol. The number of imidazole rings is 1. The van der Waals surface area contributed by atoms with Crippen LogP contribution in [-0.2, 0) is 4.74 Å². The standard InChI is InChI=1S/C17H23N3O4/c1-17(2,3)24-16(23)19-9-14(21)15(22)12-6-4-11(5-7-12)13-8-18-10-20-13/h4-8,10,14-15,21-22H,9H2,1-3H3,(H,18,20)(H,19,23). The van der Waals surface area contributed by atoms with Crippen LogP contribution in [0.5, 0.6) is 0 Å². The molecule has 2 rings (SSSR count). The minimum absolute atomic E-state index is 0.113. The van der Waals surface area contributed by atoms with Crippen molar-refractivity contribution in [2.45, 2.75) is 38.6 Å². The van der Waals surface area contributed by atoms with Gasteiger partial charge in [-0.1, -0.05) is 24.3 Å². The predicted molar refractivity (Wildman–Crippen MR) is 89.2 cm³/mol. The first kappa shape index (κ1) is 18.0. The van der Waals surface area contributed by atoms with Gasteiger partial charge in [0.25, 0.3) is 0 Å². The normalized spacial score (nSPS) is 14.0. The van der Waals surface area contributed by atoms with Crippen LogP contribution in [0.3, 0.4) is 0 Å². The fourth-order valence-electron chi connectivity index (χ4n) is 2.11. The summed E-state index contributed by atoms with van der Waals surface area (Å²) in [7, 11) is 0. The van der Waals surface area contributed by atoms with Gasteiger partial charge in [0, 0.05) is 6.54 Å². The lowest BCUT2D eigenvalue weighted by molar-refractivity contribution is 0.0129. The van der Waals surface area contributed by atoms with E-state index in [1.807, 2.05) is 12.1 Å². The van der Waals surface area contributed by atoms with Gasteiger partial charge in [-0.15, -0.1) is 0 Å². The van der Waals surface area contributed by atoms with E-state index in [2.05, 4.69) is 15.3 Å². The van der Waals surface area contributed by atoms with Crippen molar-refractivity contribution in [1.29, 1.82) is 0 Å². The molecule has 0 aliphatic rings. The highest BCUT2D eigenvalue weighted by molar-refractivity contribution is 5.67. The minimum atomic E-state index is -1.14. The van der Waals surface area contributed by atoms with Crippen molar-refractivity contribution in [3.63, 3.8) is 0 Å². The molecule has 4 N–H and O–H groups in total. The van der Waals surface area contributed by atoms with Crippen LogP contribution in [-0.4, -0.2) is 44.5 Å². The van der Waals surface area contributed by atoms with Crippen LogP contribution < -0.4 is 5.32 Å². The molecule has 0 saturated carbocycles. The molecule has 2 atom stereocenters. The van der Waals surface area contributed by atoms with Crippen LogP contribution in [0.15, 0.2) is 36.8 Å². The van der Waals surface area contributed by atoms with E-state index in [0.29, 0.717) is 5.56 Å². The van der Waals surface area contributed by atoms with E-state index >= 15 is 0 Å². The van der Waals surface area contributed by atoms with Gasteiger partial charge in [-0.2, -0.15) is 0 Å². The molecule has 7 nitrogen and oxygen atoms in total. The van der Waals surface area contributed by atoms with Crippen molar-refractivity contribution in [3.05, 3.63) is 42.4 Å². The van der Waals surface area contributed by atoms with Gasteiger partial charge in [0.05, 0.1) is 18.2 Å². The number of aromatic amines is 1. The predicted octanol–water partition coefficient (Wildman–Crippen LogP) is 2.00. The maximum absolute atomic E-state index is 11.6. The number of ether oxygens (including phenoxy) is 1. The second-order valence-electron chi connectivity index (χ2n) is 6.48. The topological polar surface area (TPSA) is 107 Å². The van der Waals surface area contributed by atoms with Crippen molar-refractivity contribution in [3.8, 4) is 11.3 Å². The molecule has 7 heteroatoms. The number of H-pyrrole nitrogens is 1. The summed E-state index contributed by atoms with van der Waals surface area (Å²) in [5, 5.41) is 22.7. The highest BCUT2D eigenvalue weighted by Gasteiger charge is 2.21. The van der Waals surface area contributed by atoms with E-state index in [-0.39, 0.29) is 6.54 Å². The maximum atomic E-state index is 11.6. The van der Waals surface area contributed by atoms with Crippen LogP contribution in [0.25, 0.3) is 11.3 Å². The van der Waals surface area contributed by atoms with Crippen molar-refractivity contribution >= 4 is 6.09 Å². The highest BCUT2D eigenvalue weighted by Crippen LogP contribution is 2.21. The highest BCUT2D eigenvalue weighted by atomic mass is 16.6. The van der Waals surface area contributed by atoms with E-state index in [1.54, 1.807) is 45.4 Å². The summed E-state index contributed by atoms with van der Waals surface area (Å²) in [6.07, 6.45) is 0.393. The second-order valence-corrected chi connectivity index (χ2v) is 6.48. The summed E-state index contributed by atoms with van der Waals surface area (Å²) in [6.45, 7) is 5.13. The number of rotatable bonds is 5. The molecule has 0 aliphatic heterocycles. The Labute approximate surface area is 140 Å². The Hall–Kier alpha value is -2.38. The first-order chi connectivity index (χ1) is 11.3. The first-order valence-corrected chi connectivity index (χ1v) is 7.68. The first-order valence-electron chi connectivity index (χ1n) is 7.68. The van der Waals surface area contributed by atoms with E-state index < -0.39 is 23.9 Å². The summed E-state index contributed by atoms with van der Waals surface area (Å²) >= 11 is 0. The smallest absolute Gasteiger partial charge is 0.407 e. The molecule has 1 amide bonds. The summed E-state index contributed by atoms with van der Waals surface area (Å²) in [5.41, 5.74) is 1.72. The Bertz CT molecular complexity index is 647. The number of nitrogens with zero attached hydrogens (tertiary/aromatic N) is 1.